The van der Waals surface area contributed by atoms with E-state index in [9.17, 15) is 4.21 Å². The molecule has 2 rings (SSSR count). The molecule has 2 N–H and O–H groups in total. The minimum atomic E-state index is -1.34. The van der Waals surface area contributed by atoms with Gasteiger partial charge in [-0.1, -0.05) is 6.07 Å². The van der Waals surface area contributed by atoms with E-state index >= 15 is 0 Å². The summed E-state index contributed by atoms with van der Waals surface area (Å²) >= 11 is 0. The lowest BCUT2D eigenvalue weighted by Gasteiger charge is -2.08. The zero-order valence-corrected chi connectivity index (χ0v) is 9.22. The number of benzene rings is 1. The first-order chi connectivity index (χ1) is 7.27. The molecule has 0 radical (unpaired) electrons. The number of nitrogens with zero attached hydrogens (tertiary/aromatic N) is 1. The quantitative estimate of drug-likeness (QED) is 0.706. The zero-order valence-electron chi connectivity index (χ0n) is 8.40. The number of hydrazine groups is 1. The van der Waals surface area contributed by atoms with Crippen LogP contribution in [0.1, 0.15) is 5.56 Å². The summed E-state index contributed by atoms with van der Waals surface area (Å²) in [6.07, 6.45) is 0. The van der Waals surface area contributed by atoms with Gasteiger partial charge in [-0.3, -0.25) is 0 Å². The number of amidine groups is 1. The Bertz CT molecular complexity index is 445. The third-order valence-electron chi connectivity index (χ3n) is 2.05. The molecular formula is C9H11N3O2S. The lowest BCUT2D eigenvalue weighted by Crippen LogP contribution is -2.34. The Hall–Kier alpha value is -1.40. The number of rotatable bonds is 2. The van der Waals surface area contributed by atoms with Crippen LogP contribution in [0.15, 0.2) is 27.5 Å². The van der Waals surface area contributed by atoms with Gasteiger partial charge in [0.2, 0.25) is 0 Å². The molecule has 15 heavy (non-hydrogen) atoms. The molecule has 1 aliphatic heterocycles. The van der Waals surface area contributed by atoms with Gasteiger partial charge in [0.25, 0.3) is 0 Å². The largest absolute Gasteiger partial charge is 0.496 e. The van der Waals surface area contributed by atoms with Crippen molar-refractivity contribution in [3.05, 3.63) is 23.8 Å². The molecule has 0 saturated carbocycles. The highest BCUT2D eigenvalue weighted by molar-refractivity contribution is 7.84. The van der Waals surface area contributed by atoms with Gasteiger partial charge in [-0.15, -0.1) is 0 Å². The molecule has 1 aromatic rings. The molecule has 6 heteroatoms. The van der Waals surface area contributed by atoms with Crippen molar-refractivity contribution in [2.45, 2.75) is 4.90 Å². The van der Waals surface area contributed by atoms with Crippen molar-refractivity contribution in [1.82, 2.24) is 10.9 Å². The highest BCUT2D eigenvalue weighted by Gasteiger charge is 2.25. The molecule has 0 amide bonds. The smallest absolute Gasteiger partial charge is 0.175 e. The predicted octanol–water partition coefficient (Wildman–Crippen LogP) is 0.202. The molecule has 0 bridgehead atoms. The van der Waals surface area contributed by atoms with Crippen LogP contribution in [0, 0.1) is 0 Å². The average Bonchev–Trinajstić information content (AvgIpc) is 2.57. The SMILES string of the molecule is CNNC1=NS(=O)c2cccc(OC)c21. The molecule has 1 heterocycles. The van der Waals surface area contributed by atoms with E-state index in [-0.39, 0.29) is 0 Å². The number of nitrogens with one attached hydrogen (secondary N) is 2. The van der Waals surface area contributed by atoms with E-state index in [2.05, 4.69) is 15.2 Å². The van der Waals surface area contributed by atoms with Crippen LogP contribution in [-0.4, -0.2) is 24.2 Å². The van der Waals surface area contributed by atoms with E-state index in [4.69, 9.17) is 4.74 Å². The van der Waals surface area contributed by atoms with Gasteiger partial charge in [0.1, 0.15) is 5.75 Å². The minimum absolute atomic E-state index is 0.545. The maximum Gasteiger partial charge on any atom is 0.175 e. The maximum absolute atomic E-state index is 11.6. The Morgan fingerprint density at radius 1 is 1.47 bits per heavy atom. The van der Waals surface area contributed by atoms with Crippen LogP contribution < -0.4 is 15.6 Å². The molecule has 5 nitrogen and oxygen atoms in total. The van der Waals surface area contributed by atoms with Gasteiger partial charge in [0.05, 0.1) is 17.6 Å². The standard InChI is InChI=1S/C9H11N3O2S/c1-10-11-9-8-6(14-2)4-3-5-7(8)15(13)12-9/h3-5,10H,1-2H3,(H,11,12). The Labute approximate surface area is 90.1 Å². The number of fused-ring (bicyclic) bond motifs is 1. The van der Waals surface area contributed by atoms with E-state index < -0.39 is 11.0 Å². The molecule has 1 atom stereocenters. The normalized spacial score (nSPS) is 18.3. The summed E-state index contributed by atoms with van der Waals surface area (Å²) in [5.74, 6) is 1.21. The maximum atomic E-state index is 11.6. The van der Waals surface area contributed by atoms with Gasteiger partial charge >= 0.3 is 0 Å². The minimum Gasteiger partial charge on any atom is -0.496 e. The van der Waals surface area contributed by atoms with Crippen LogP contribution >= 0.6 is 0 Å². The lowest BCUT2D eigenvalue weighted by molar-refractivity contribution is 0.412. The fourth-order valence-corrected chi connectivity index (χ4v) is 2.41. The van der Waals surface area contributed by atoms with Crippen molar-refractivity contribution in [2.24, 2.45) is 4.40 Å². The van der Waals surface area contributed by atoms with Crippen molar-refractivity contribution < 1.29 is 8.95 Å². The van der Waals surface area contributed by atoms with E-state index in [1.165, 1.54) is 0 Å². The Morgan fingerprint density at radius 3 is 2.93 bits per heavy atom. The van der Waals surface area contributed by atoms with Crippen molar-refractivity contribution in [3.63, 3.8) is 0 Å². The van der Waals surface area contributed by atoms with Gasteiger partial charge in [-0.25, -0.2) is 9.63 Å². The predicted molar refractivity (Wildman–Crippen MR) is 58.1 cm³/mol. The van der Waals surface area contributed by atoms with Crippen LogP contribution in [0.5, 0.6) is 5.75 Å². The number of hydrogen-bond donors (Lipinski definition) is 2. The molecule has 0 fully saturated rings. The number of ether oxygens (including phenoxy) is 1. The second kappa shape index (κ2) is 4.00. The van der Waals surface area contributed by atoms with Crippen molar-refractivity contribution in [1.29, 1.82) is 0 Å². The van der Waals surface area contributed by atoms with E-state index in [1.807, 2.05) is 6.07 Å². The van der Waals surface area contributed by atoms with Crippen LogP contribution in [-0.2, 0) is 11.0 Å². The first kappa shape index (κ1) is 10.1. The molecule has 0 saturated heterocycles. The van der Waals surface area contributed by atoms with Gasteiger partial charge in [-0.05, 0) is 12.1 Å². The molecule has 80 valence electrons. The third-order valence-corrected chi connectivity index (χ3v) is 3.12. The van der Waals surface area contributed by atoms with Crippen LogP contribution in [0.25, 0.3) is 0 Å². The topological polar surface area (TPSA) is 62.7 Å². The summed E-state index contributed by atoms with van der Waals surface area (Å²) in [5, 5.41) is 0. The summed E-state index contributed by atoms with van der Waals surface area (Å²) in [5.41, 5.74) is 6.34. The van der Waals surface area contributed by atoms with Gasteiger partial charge in [0.15, 0.2) is 16.8 Å². The zero-order chi connectivity index (χ0) is 10.8. The molecule has 0 spiro atoms. The molecular weight excluding hydrogens is 214 g/mol. The van der Waals surface area contributed by atoms with Crippen LogP contribution in [0.3, 0.4) is 0 Å². The van der Waals surface area contributed by atoms with Gasteiger partial charge in [0, 0.05) is 7.05 Å². The molecule has 1 aromatic carbocycles. The summed E-state index contributed by atoms with van der Waals surface area (Å²) in [6.45, 7) is 0. The summed E-state index contributed by atoms with van der Waals surface area (Å²) < 4.78 is 20.8. The monoisotopic (exact) mass is 225 g/mol. The highest BCUT2D eigenvalue weighted by Crippen LogP contribution is 2.29. The molecule has 0 aliphatic carbocycles. The van der Waals surface area contributed by atoms with Crippen molar-refractivity contribution in [3.8, 4) is 5.75 Å². The number of hydrogen-bond acceptors (Lipinski definition) is 4. The average molecular weight is 225 g/mol. The molecule has 1 aliphatic rings. The fraction of sp³-hybridized carbons (Fsp3) is 0.222. The molecule has 0 aromatic heterocycles. The Balaban J connectivity index is 2.54. The summed E-state index contributed by atoms with van der Waals surface area (Å²) in [7, 11) is 1.96. The Kier molecular flexibility index (Phi) is 2.70. The van der Waals surface area contributed by atoms with Gasteiger partial charge < -0.3 is 10.2 Å². The first-order valence-electron chi connectivity index (χ1n) is 4.38. The second-order valence-electron chi connectivity index (χ2n) is 2.90. The first-order valence-corrected chi connectivity index (χ1v) is 5.49. The van der Waals surface area contributed by atoms with Crippen molar-refractivity contribution in [2.75, 3.05) is 14.2 Å². The van der Waals surface area contributed by atoms with Crippen molar-refractivity contribution >= 4 is 16.8 Å². The van der Waals surface area contributed by atoms with Crippen LogP contribution in [0.4, 0.5) is 0 Å². The van der Waals surface area contributed by atoms with E-state index in [0.717, 1.165) is 5.56 Å². The second-order valence-corrected chi connectivity index (χ2v) is 4.02. The highest BCUT2D eigenvalue weighted by atomic mass is 32.2. The number of methoxy groups -OCH3 is 1. The third kappa shape index (κ3) is 1.62. The van der Waals surface area contributed by atoms with Crippen LogP contribution in [0.2, 0.25) is 0 Å². The fourth-order valence-electron chi connectivity index (χ4n) is 1.44. The van der Waals surface area contributed by atoms with E-state index in [0.29, 0.717) is 16.5 Å². The van der Waals surface area contributed by atoms with Gasteiger partial charge in [-0.2, -0.15) is 4.40 Å². The summed E-state index contributed by atoms with van der Waals surface area (Å²) in [4.78, 5) is 0.673. The van der Waals surface area contributed by atoms with E-state index in [1.54, 1.807) is 26.3 Å². The molecule has 1 unspecified atom stereocenters. The summed E-state index contributed by atoms with van der Waals surface area (Å²) in [6, 6.07) is 5.39. The Morgan fingerprint density at radius 2 is 2.27 bits per heavy atom. The lowest BCUT2D eigenvalue weighted by atomic mass is 10.2.